The Balaban J connectivity index is 1.48. The van der Waals surface area contributed by atoms with E-state index in [1.165, 1.54) is 30.3 Å². The van der Waals surface area contributed by atoms with Crippen molar-refractivity contribution < 1.29 is 23.7 Å². The van der Waals surface area contributed by atoms with Crippen LogP contribution in [0.3, 0.4) is 0 Å². The molecule has 0 aliphatic carbocycles. The van der Waals surface area contributed by atoms with E-state index in [2.05, 4.69) is 5.32 Å². The number of non-ortho nitro benzene ring substituents is 1. The maximum absolute atomic E-state index is 12.7. The molecule has 1 aliphatic rings. The van der Waals surface area contributed by atoms with E-state index in [0.717, 1.165) is 4.90 Å². The van der Waals surface area contributed by atoms with E-state index < -0.39 is 28.5 Å². The van der Waals surface area contributed by atoms with Gasteiger partial charge in [0.1, 0.15) is 18.1 Å². The third-order valence-corrected chi connectivity index (χ3v) is 6.12. The van der Waals surface area contributed by atoms with Gasteiger partial charge < -0.3 is 9.73 Å². The molecule has 2 aromatic carbocycles. The van der Waals surface area contributed by atoms with Gasteiger partial charge >= 0.3 is 0 Å². The highest BCUT2D eigenvalue weighted by Crippen LogP contribution is 2.35. The highest BCUT2D eigenvalue weighted by atomic mass is 35.5. The molecule has 4 rings (SSSR count). The lowest BCUT2D eigenvalue weighted by molar-refractivity contribution is -0.384. The maximum Gasteiger partial charge on any atom is 0.294 e. The zero-order valence-electron chi connectivity index (χ0n) is 17.0. The molecule has 1 fully saturated rings. The summed E-state index contributed by atoms with van der Waals surface area (Å²) in [6.07, 6.45) is 1.36. The molecule has 2 heterocycles. The van der Waals surface area contributed by atoms with Crippen molar-refractivity contribution in [3.63, 3.8) is 0 Å². The number of hydrogen-bond acceptors (Lipinski definition) is 7. The molecule has 34 heavy (non-hydrogen) atoms. The standard InChI is InChI=1S/C22H13Cl2N3O6S/c23-12-1-3-13(4-2-12)25-20(28)11-26-21(29)19(34-22(26)30)10-15-6-8-18(33-15)16-9-14(27(31)32)5-7-17(16)24/h1-10H,11H2,(H,25,28)/b19-10+. The van der Waals surface area contributed by atoms with Crippen molar-refractivity contribution in [2.75, 3.05) is 11.9 Å². The number of imide groups is 1. The summed E-state index contributed by atoms with van der Waals surface area (Å²) >= 11 is 12.6. The molecule has 0 bridgehead atoms. The van der Waals surface area contributed by atoms with Crippen molar-refractivity contribution in [1.82, 2.24) is 4.90 Å². The molecule has 0 atom stereocenters. The lowest BCUT2D eigenvalue weighted by Crippen LogP contribution is -2.36. The minimum Gasteiger partial charge on any atom is -0.457 e. The molecule has 1 N–H and O–H groups in total. The number of carbonyl (C=O) groups excluding carboxylic acids is 3. The van der Waals surface area contributed by atoms with Gasteiger partial charge in [-0.2, -0.15) is 0 Å². The zero-order chi connectivity index (χ0) is 24.4. The number of thioether (sulfide) groups is 1. The van der Waals surface area contributed by atoms with Crippen LogP contribution in [0.25, 0.3) is 17.4 Å². The molecule has 9 nitrogen and oxygen atoms in total. The van der Waals surface area contributed by atoms with Gasteiger partial charge in [0.15, 0.2) is 0 Å². The Morgan fingerprint density at radius 1 is 1.12 bits per heavy atom. The van der Waals surface area contributed by atoms with Crippen LogP contribution in [0.15, 0.2) is 63.9 Å². The third kappa shape index (κ3) is 5.14. The first kappa shape index (κ1) is 23.6. The van der Waals surface area contributed by atoms with Gasteiger partial charge in [0, 0.05) is 34.5 Å². The molecule has 3 aromatic rings. The fourth-order valence-corrected chi connectivity index (χ4v) is 4.19. The van der Waals surface area contributed by atoms with E-state index in [4.69, 9.17) is 27.6 Å². The summed E-state index contributed by atoms with van der Waals surface area (Å²) in [5.74, 6) is -0.714. The summed E-state index contributed by atoms with van der Waals surface area (Å²) in [7, 11) is 0. The Kier molecular flexibility index (Phi) is 6.73. The SMILES string of the molecule is O=C(CN1C(=O)S/C(=C/c2ccc(-c3cc([N+](=O)[O-])ccc3Cl)o2)C1=O)Nc1ccc(Cl)cc1. The van der Waals surface area contributed by atoms with Crippen molar-refractivity contribution in [1.29, 1.82) is 0 Å². The van der Waals surface area contributed by atoms with Crippen LogP contribution in [-0.2, 0) is 9.59 Å². The molecule has 1 saturated heterocycles. The molecular formula is C22H13Cl2N3O6S. The number of hydrogen-bond donors (Lipinski definition) is 1. The topological polar surface area (TPSA) is 123 Å². The van der Waals surface area contributed by atoms with Gasteiger partial charge in [0.25, 0.3) is 16.8 Å². The van der Waals surface area contributed by atoms with Crippen molar-refractivity contribution in [3.8, 4) is 11.3 Å². The monoisotopic (exact) mass is 517 g/mol. The van der Waals surface area contributed by atoms with Crippen LogP contribution in [0.1, 0.15) is 5.76 Å². The van der Waals surface area contributed by atoms with Crippen LogP contribution in [0, 0.1) is 10.1 Å². The Morgan fingerprint density at radius 2 is 1.85 bits per heavy atom. The molecule has 12 heteroatoms. The average Bonchev–Trinajstić information content (AvgIpc) is 3.35. The van der Waals surface area contributed by atoms with E-state index in [1.807, 2.05) is 0 Å². The van der Waals surface area contributed by atoms with E-state index in [-0.39, 0.29) is 27.1 Å². The van der Waals surface area contributed by atoms with E-state index in [9.17, 15) is 24.5 Å². The summed E-state index contributed by atoms with van der Waals surface area (Å²) in [5.41, 5.74) is 0.623. The largest absolute Gasteiger partial charge is 0.457 e. The number of nitrogens with zero attached hydrogens (tertiary/aromatic N) is 2. The van der Waals surface area contributed by atoms with E-state index >= 15 is 0 Å². The first-order valence-corrected chi connectivity index (χ1v) is 11.1. The second kappa shape index (κ2) is 9.72. The zero-order valence-corrected chi connectivity index (χ0v) is 19.3. The van der Waals surface area contributed by atoms with Gasteiger partial charge in [0.2, 0.25) is 5.91 Å². The molecule has 1 aromatic heterocycles. The number of nitro benzene ring substituents is 1. The number of carbonyl (C=O) groups is 3. The summed E-state index contributed by atoms with van der Waals surface area (Å²) in [4.78, 5) is 48.6. The number of nitrogens with one attached hydrogen (secondary N) is 1. The number of anilines is 1. The Hall–Kier alpha value is -3.60. The number of benzene rings is 2. The van der Waals surface area contributed by atoms with Crippen molar-refractivity contribution in [2.45, 2.75) is 0 Å². The number of halogens is 2. The molecule has 0 spiro atoms. The van der Waals surface area contributed by atoms with Gasteiger partial charge in [-0.3, -0.25) is 29.4 Å². The molecule has 3 amide bonds. The summed E-state index contributed by atoms with van der Waals surface area (Å²) in [6.45, 7) is -0.461. The number of amides is 3. The molecule has 0 saturated carbocycles. The Morgan fingerprint density at radius 3 is 2.56 bits per heavy atom. The van der Waals surface area contributed by atoms with Crippen LogP contribution in [0.2, 0.25) is 10.0 Å². The van der Waals surface area contributed by atoms with Crippen LogP contribution in [-0.4, -0.2) is 33.4 Å². The van der Waals surface area contributed by atoms with E-state index in [1.54, 1.807) is 30.3 Å². The highest BCUT2D eigenvalue weighted by Gasteiger charge is 2.36. The number of nitro groups is 1. The van der Waals surface area contributed by atoms with Crippen LogP contribution in [0.5, 0.6) is 0 Å². The summed E-state index contributed by atoms with van der Waals surface area (Å²) in [6, 6.07) is 13.4. The number of furan rings is 1. The van der Waals surface area contributed by atoms with E-state index in [0.29, 0.717) is 28.0 Å². The Bertz CT molecular complexity index is 1350. The average molecular weight is 518 g/mol. The van der Waals surface area contributed by atoms with Gasteiger partial charge in [-0.05, 0) is 54.2 Å². The van der Waals surface area contributed by atoms with Crippen LogP contribution >= 0.6 is 35.0 Å². The normalized spacial score (nSPS) is 14.6. The maximum atomic E-state index is 12.7. The summed E-state index contributed by atoms with van der Waals surface area (Å²) < 4.78 is 5.67. The fourth-order valence-electron chi connectivity index (χ4n) is 3.03. The van der Waals surface area contributed by atoms with Gasteiger partial charge in [-0.15, -0.1) is 0 Å². The van der Waals surface area contributed by atoms with Crippen molar-refractivity contribution >= 4 is 69.5 Å². The number of rotatable bonds is 6. The second-order valence-electron chi connectivity index (χ2n) is 6.95. The highest BCUT2D eigenvalue weighted by molar-refractivity contribution is 8.18. The second-order valence-corrected chi connectivity index (χ2v) is 8.78. The summed E-state index contributed by atoms with van der Waals surface area (Å²) in [5, 5.41) is 13.8. The Labute approximate surface area is 206 Å². The first-order chi connectivity index (χ1) is 16.2. The first-order valence-electron chi connectivity index (χ1n) is 9.56. The molecule has 0 radical (unpaired) electrons. The predicted molar refractivity (Wildman–Crippen MR) is 129 cm³/mol. The van der Waals surface area contributed by atoms with Gasteiger partial charge in [-0.25, -0.2) is 0 Å². The van der Waals surface area contributed by atoms with Crippen molar-refractivity contribution in [2.24, 2.45) is 0 Å². The predicted octanol–water partition coefficient (Wildman–Crippen LogP) is 5.84. The van der Waals surface area contributed by atoms with Crippen molar-refractivity contribution in [3.05, 3.63) is 85.4 Å². The quantitative estimate of drug-likeness (QED) is 0.247. The smallest absolute Gasteiger partial charge is 0.294 e. The van der Waals surface area contributed by atoms with Gasteiger partial charge in [-0.1, -0.05) is 23.2 Å². The molecule has 1 aliphatic heterocycles. The lowest BCUT2D eigenvalue weighted by atomic mass is 10.1. The lowest BCUT2D eigenvalue weighted by Gasteiger charge is -2.12. The molecule has 0 unspecified atom stereocenters. The van der Waals surface area contributed by atoms with Crippen LogP contribution in [0.4, 0.5) is 16.2 Å². The van der Waals surface area contributed by atoms with Crippen LogP contribution < -0.4 is 5.32 Å². The molecular weight excluding hydrogens is 505 g/mol. The fraction of sp³-hybridized carbons (Fsp3) is 0.0455. The molecule has 172 valence electrons. The third-order valence-electron chi connectivity index (χ3n) is 4.63. The van der Waals surface area contributed by atoms with Gasteiger partial charge in [0.05, 0.1) is 14.9 Å². The minimum atomic E-state index is -0.646. The minimum absolute atomic E-state index is 0.0651.